The van der Waals surface area contributed by atoms with Crippen LogP contribution in [-0.4, -0.2) is 70.1 Å². The number of fused-ring (bicyclic) bond motifs is 1. The van der Waals surface area contributed by atoms with Crippen molar-refractivity contribution < 1.29 is 4.74 Å². The lowest BCUT2D eigenvalue weighted by atomic mass is 9.98. The highest BCUT2D eigenvalue weighted by Gasteiger charge is 2.14. The number of anilines is 2. The highest BCUT2D eigenvalue weighted by molar-refractivity contribution is 6.30. The van der Waals surface area contributed by atoms with Gasteiger partial charge in [-0.1, -0.05) is 13.8 Å². The summed E-state index contributed by atoms with van der Waals surface area (Å²) in [6.07, 6.45) is 6.96. The Morgan fingerprint density at radius 2 is 1.87 bits per heavy atom. The molecule has 0 spiro atoms. The second-order valence-corrected chi connectivity index (χ2v) is 9.37. The molecule has 38 heavy (non-hydrogen) atoms. The number of hydrogen-bond donors (Lipinski definition) is 3. The third kappa shape index (κ3) is 6.65. The van der Waals surface area contributed by atoms with Crippen molar-refractivity contribution in [1.29, 1.82) is 5.41 Å². The van der Waals surface area contributed by atoms with Crippen LogP contribution in [0, 0.1) is 5.41 Å². The SMILES string of the molecule is CN/C=C(\C(=N)c1ccnc(OCCN(C)C)c1)c1cnc2ccc(Nc3cc(C(C)C)cnn3)nc2c1. The molecule has 4 heterocycles. The number of nitrogens with one attached hydrogen (secondary N) is 3. The van der Waals surface area contributed by atoms with E-state index in [1.54, 1.807) is 44.0 Å². The fourth-order valence-electron chi connectivity index (χ4n) is 3.69. The van der Waals surface area contributed by atoms with Crippen LogP contribution < -0.4 is 15.4 Å². The molecule has 0 fully saturated rings. The maximum Gasteiger partial charge on any atom is 0.213 e. The van der Waals surface area contributed by atoms with Gasteiger partial charge in [-0.05, 0) is 55.9 Å². The van der Waals surface area contributed by atoms with Crippen LogP contribution in [0.4, 0.5) is 11.6 Å². The van der Waals surface area contributed by atoms with Crippen molar-refractivity contribution in [3.8, 4) is 5.88 Å². The summed E-state index contributed by atoms with van der Waals surface area (Å²) in [5, 5.41) is 23.5. The molecule has 4 rings (SSSR count). The lowest BCUT2D eigenvalue weighted by molar-refractivity contribution is 0.254. The normalized spacial score (nSPS) is 11.7. The molecule has 0 aliphatic heterocycles. The maximum atomic E-state index is 8.95. The predicted octanol–water partition coefficient (Wildman–Crippen LogP) is 4.25. The summed E-state index contributed by atoms with van der Waals surface area (Å²) in [7, 11) is 5.78. The molecule has 4 aromatic heterocycles. The molecular weight excluding hydrogens is 478 g/mol. The van der Waals surface area contributed by atoms with Gasteiger partial charge in [-0.3, -0.25) is 10.4 Å². The molecule has 196 valence electrons. The van der Waals surface area contributed by atoms with Gasteiger partial charge in [0.15, 0.2) is 5.82 Å². The second-order valence-electron chi connectivity index (χ2n) is 9.37. The van der Waals surface area contributed by atoms with Crippen LogP contribution in [0.2, 0.25) is 0 Å². The summed E-state index contributed by atoms with van der Waals surface area (Å²) >= 11 is 0. The second kappa shape index (κ2) is 12.2. The number of pyridine rings is 3. The molecule has 0 unspecified atom stereocenters. The van der Waals surface area contributed by atoms with E-state index in [0.29, 0.717) is 52.4 Å². The summed E-state index contributed by atoms with van der Waals surface area (Å²) in [5.74, 6) is 2.09. The Labute approximate surface area is 222 Å². The molecule has 3 N–H and O–H groups in total. The van der Waals surface area contributed by atoms with Gasteiger partial charge >= 0.3 is 0 Å². The van der Waals surface area contributed by atoms with Crippen molar-refractivity contribution >= 4 is 34.0 Å². The number of likely N-dealkylation sites (N-methyl/N-ethyl adjacent to an activating group) is 1. The summed E-state index contributed by atoms with van der Waals surface area (Å²) in [5.41, 5.74) is 4.96. The van der Waals surface area contributed by atoms with E-state index in [2.05, 4.69) is 44.6 Å². The van der Waals surface area contributed by atoms with Crippen molar-refractivity contribution in [2.45, 2.75) is 19.8 Å². The monoisotopic (exact) mass is 511 g/mol. The van der Waals surface area contributed by atoms with Gasteiger partial charge in [-0.2, -0.15) is 5.10 Å². The smallest absolute Gasteiger partial charge is 0.213 e. The van der Waals surface area contributed by atoms with Crippen LogP contribution in [0.15, 0.2) is 61.2 Å². The van der Waals surface area contributed by atoms with E-state index in [1.165, 1.54) is 0 Å². The topological polar surface area (TPSA) is 125 Å². The van der Waals surface area contributed by atoms with Crippen LogP contribution >= 0.6 is 0 Å². The van der Waals surface area contributed by atoms with Gasteiger partial charge < -0.3 is 20.3 Å². The van der Waals surface area contributed by atoms with Gasteiger partial charge in [0.1, 0.15) is 12.4 Å². The molecular formula is C28H33N9O. The summed E-state index contributed by atoms with van der Waals surface area (Å²) in [6, 6.07) is 11.2. The molecule has 0 bridgehead atoms. The van der Waals surface area contributed by atoms with E-state index < -0.39 is 0 Å². The number of hydrogen-bond acceptors (Lipinski definition) is 10. The Balaban J connectivity index is 1.60. The molecule has 0 saturated heterocycles. The predicted molar refractivity (Wildman–Crippen MR) is 151 cm³/mol. The third-order valence-electron chi connectivity index (χ3n) is 5.82. The summed E-state index contributed by atoms with van der Waals surface area (Å²) in [6.45, 7) is 5.51. The number of ether oxygens (including phenoxy) is 1. The molecule has 10 nitrogen and oxygen atoms in total. The van der Waals surface area contributed by atoms with Crippen molar-refractivity contribution in [2.24, 2.45) is 0 Å². The van der Waals surface area contributed by atoms with E-state index in [4.69, 9.17) is 15.1 Å². The number of nitrogens with zero attached hydrogens (tertiary/aromatic N) is 6. The first-order chi connectivity index (χ1) is 18.3. The Kier molecular flexibility index (Phi) is 8.55. The highest BCUT2D eigenvalue weighted by atomic mass is 16.5. The van der Waals surface area contributed by atoms with E-state index in [1.807, 2.05) is 43.3 Å². The Morgan fingerprint density at radius 3 is 2.63 bits per heavy atom. The average molecular weight is 512 g/mol. The lowest BCUT2D eigenvalue weighted by Gasteiger charge is -2.13. The molecule has 0 aromatic carbocycles. The number of rotatable bonds is 11. The van der Waals surface area contributed by atoms with Gasteiger partial charge in [0.05, 0.1) is 22.9 Å². The first-order valence-corrected chi connectivity index (χ1v) is 12.4. The molecule has 0 radical (unpaired) electrons. The Bertz CT molecular complexity index is 1450. The minimum Gasteiger partial charge on any atom is -0.476 e. The summed E-state index contributed by atoms with van der Waals surface area (Å²) < 4.78 is 5.77. The largest absolute Gasteiger partial charge is 0.476 e. The van der Waals surface area contributed by atoms with Gasteiger partial charge in [-0.15, -0.1) is 5.10 Å². The Hall–Kier alpha value is -4.44. The zero-order valence-electron chi connectivity index (χ0n) is 22.4. The lowest BCUT2D eigenvalue weighted by Crippen LogP contribution is -2.19. The highest BCUT2D eigenvalue weighted by Crippen LogP contribution is 2.25. The van der Waals surface area contributed by atoms with E-state index in [0.717, 1.165) is 23.2 Å². The van der Waals surface area contributed by atoms with E-state index in [-0.39, 0.29) is 0 Å². The van der Waals surface area contributed by atoms with Crippen LogP contribution in [-0.2, 0) is 0 Å². The van der Waals surface area contributed by atoms with Gasteiger partial charge in [0, 0.05) is 55.0 Å². The van der Waals surface area contributed by atoms with Crippen molar-refractivity contribution in [1.82, 2.24) is 35.4 Å². The van der Waals surface area contributed by atoms with Gasteiger partial charge in [-0.25, -0.2) is 9.97 Å². The minimum atomic E-state index is 0.315. The van der Waals surface area contributed by atoms with Crippen molar-refractivity contribution in [3.63, 3.8) is 0 Å². The van der Waals surface area contributed by atoms with E-state index >= 15 is 0 Å². The number of allylic oxidation sites excluding steroid dienone is 1. The molecule has 0 aliphatic rings. The first-order valence-electron chi connectivity index (χ1n) is 12.4. The average Bonchev–Trinajstić information content (AvgIpc) is 2.91. The first kappa shape index (κ1) is 26.6. The third-order valence-corrected chi connectivity index (χ3v) is 5.82. The standard InChI is InChI=1S/C28H33N9O/c1-18(2)20-13-26(36-33-16-20)35-25-7-6-23-24(34-25)12-21(15-32-23)22(17-30-3)28(29)19-8-9-31-27(14-19)38-11-10-37(4)5/h6-9,12-18,29-30H,10-11H2,1-5H3,(H,34,35,36)/b22-17-,29-28?. The molecule has 0 saturated carbocycles. The molecule has 4 aromatic rings. The molecule has 0 aliphatic carbocycles. The van der Waals surface area contributed by atoms with Crippen LogP contribution in [0.25, 0.3) is 16.6 Å². The van der Waals surface area contributed by atoms with Gasteiger partial charge in [0.2, 0.25) is 5.88 Å². The molecule has 0 amide bonds. The van der Waals surface area contributed by atoms with Crippen LogP contribution in [0.3, 0.4) is 0 Å². The molecule has 0 atom stereocenters. The minimum absolute atomic E-state index is 0.315. The van der Waals surface area contributed by atoms with Crippen LogP contribution in [0.1, 0.15) is 36.5 Å². The Morgan fingerprint density at radius 1 is 1.03 bits per heavy atom. The maximum absolute atomic E-state index is 8.95. The van der Waals surface area contributed by atoms with E-state index in [9.17, 15) is 0 Å². The zero-order chi connectivity index (χ0) is 27.1. The van der Waals surface area contributed by atoms with Crippen molar-refractivity contribution in [3.05, 3.63) is 77.9 Å². The fourth-order valence-corrected chi connectivity index (χ4v) is 3.69. The number of aromatic nitrogens is 5. The van der Waals surface area contributed by atoms with Gasteiger partial charge in [0.25, 0.3) is 0 Å². The fraction of sp³-hybridized carbons (Fsp3) is 0.286. The quantitative estimate of drug-likeness (QED) is 0.253. The van der Waals surface area contributed by atoms with Crippen LogP contribution in [0.5, 0.6) is 5.88 Å². The zero-order valence-corrected chi connectivity index (χ0v) is 22.4. The molecule has 10 heteroatoms. The van der Waals surface area contributed by atoms with Crippen molar-refractivity contribution in [2.75, 3.05) is 39.6 Å². The summed E-state index contributed by atoms with van der Waals surface area (Å²) in [4.78, 5) is 15.7.